The predicted octanol–water partition coefficient (Wildman–Crippen LogP) is 3.86. The van der Waals surface area contributed by atoms with Crippen molar-refractivity contribution in [1.29, 1.82) is 0 Å². The van der Waals surface area contributed by atoms with Crippen molar-refractivity contribution in [1.82, 2.24) is 4.90 Å². The second-order valence-electron chi connectivity index (χ2n) is 5.91. The molecule has 1 aliphatic heterocycles. The van der Waals surface area contributed by atoms with E-state index in [4.69, 9.17) is 0 Å². The summed E-state index contributed by atoms with van der Waals surface area (Å²) in [6.07, 6.45) is -2.70. The van der Waals surface area contributed by atoms with Crippen molar-refractivity contribution in [2.24, 2.45) is 5.92 Å². The Hall–Kier alpha value is -1.07. The van der Waals surface area contributed by atoms with E-state index in [1.54, 1.807) is 12.1 Å². The monoisotopic (exact) mass is 301 g/mol. The second-order valence-corrected chi connectivity index (χ2v) is 5.91. The van der Waals surface area contributed by atoms with Gasteiger partial charge in [0.1, 0.15) is 0 Å². The fraction of sp³-hybridized carbons (Fsp3) is 0.625. The zero-order valence-corrected chi connectivity index (χ0v) is 12.4. The predicted molar refractivity (Wildman–Crippen MR) is 75.8 cm³/mol. The van der Waals surface area contributed by atoms with Gasteiger partial charge < -0.3 is 5.11 Å². The number of alkyl halides is 3. The Morgan fingerprint density at radius 3 is 2.05 bits per heavy atom. The van der Waals surface area contributed by atoms with E-state index in [0.717, 1.165) is 43.6 Å². The summed E-state index contributed by atoms with van der Waals surface area (Å²) in [6.45, 7) is 5.58. The molecule has 2 rings (SSSR count). The number of halogens is 3. The summed E-state index contributed by atoms with van der Waals surface area (Å²) in [6, 6.07) is 5.52. The molecule has 5 heteroatoms. The topological polar surface area (TPSA) is 23.5 Å². The van der Waals surface area contributed by atoms with Crippen LogP contribution in [0.4, 0.5) is 13.2 Å². The Balaban J connectivity index is 1.99. The maximum absolute atomic E-state index is 12.6. The molecule has 1 aromatic carbocycles. The Labute approximate surface area is 123 Å². The molecule has 0 spiro atoms. The highest BCUT2D eigenvalue weighted by Crippen LogP contribution is 2.32. The minimum atomic E-state index is -4.28. The van der Waals surface area contributed by atoms with E-state index in [-0.39, 0.29) is 12.1 Å². The molecule has 21 heavy (non-hydrogen) atoms. The summed E-state index contributed by atoms with van der Waals surface area (Å²) in [5.41, 5.74) is 0.296. The van der Waals surface area contributed by atoms with E-state index in [1.165, 1.54) is 0 Å². The maximum Gasteiger partial charge on any atom is 0.416 e. The van der Waals surface area contributed by atoms with Crippen LogP contribution in [0.25, 0.3) is 0 Å². The van der Waals surface area contributed by atoms with Crippen LogP contribution in [0, 0.1) is 5.92 Å². The van der Waals surface area contributed by atoms with Crippen LogP contribution in [0.1, 0.15) is 43.9 Å². The van der Waals surface area contributed by atoms with E-state index in [2.05, 4.69) is 4.90 Å². The molecule has 2 nitrogen and oxygen atoms in total. The fourth-order valence-electron chi connectivity index (χ4n) is 2.95. The molecule has 1 heterocycles. The lowest BCUT2D eigenvalue weighted by Crippen LogP contribution is -2.38. The molecule has 1 saturated heterocycles. The summed E-state index contributed by atoms with van der Waals surface area (Å²) < 4.78 is 37.7. The first-order valence-electron chi connectivity index (χ1n) is 7.38. The second kappa shape index (κ2) is 6.36. The van der Waals surface area contributed by atoms with Crippen LogP contribution in [-0.4, -0.2) is 29.2 Å². The number of rotatable bonds is 3. The highest BCUT2D eigenvalue weighted by atomic mass is 19.4. The van der Waals surface area contributed by atoms with Crippen molar-refractivity contribution in [3.05, 3.63) is 35.4 Å². The van der Waals surface area contributed by atoms with Gasteiger partial charge in [0.15, 0.2) is 0 Å². The highest BCUT2D eigenvalue weighted by Gasteiger charge is 2.31. The quantitative estimate of drug-likeness (QED) is 0.916. The first-order valence-corrected chi connectivity index (χ1v) is 7.38. The Bertz CT molecular complexity index is 448. The van der Waals surface area contributed by atoms with Crippen LogP contribution in [0.5, 0.6) is 0 Å². The summed E-state index contributed by atoms with van der Waals surface area (Å²) in [5.74, 6) is 0.334. The van der Waals surface area contributed by atoms with Gasteiger partial charge in [-0.2, -0.15) is 13.2 Å². The number of likely N-dealkylation sites (tertiary alicyclic amines) is 1. The number of aliphatic hydroxyl groups excluding tert-OH is 1. The first-order chi connectivity index (χ1) is 9.79. The van der Waals surface area contributed by atoms with Gasteiger partial charge in [0.2, 0.25) is 0 Å². The average molecular weight is 301 g/mol. The summed E-state index contributed by atoms with van der Waals surface area (Å²) >= 11 is 0. The fourth-order valence-corrected chi connectivity index (χ4v) is 2.95. The zero-order chi connectivity index (χ0) is 15.6. The van der Waals surface area contributed by atoms with Crippen LogP contribution in [0.15, 0.2) is 24.3 Å². The lowest BCUT2D eigenvalue weighted by Gasteiger charge is -2.37. The number of benzene rings is 1. The molecular formula is C16H22F3NO. The number of piperidine rings is 1. The van der Waals surface area contributed by atoms with Crippen LogP contribution < -0.4 is 0 Å². The molecule has 2 atom stereocenters. The zero-order valence-electron chi connectivity index (χ0n) is 12.4. The van der Waals surface area contributed by atoms with Gasteiger partial charge in [0.25, 0.3) is 0 Å². The minimum Gasteiger partial charge on any atom is -0.393 e. The van der Waals surface area contributed by atoms with Gasteiger partial charge >= 0.3 is 6.18 Å². The summed E-state index contributed by atoms with van der Waals surface area (Å²) in [7, 11) is 0. The van der Waals surface area contributed by atoms with Crippen LogP contribution in [-0.2, 0) is 6.18 Å². The van der Waals surface area contributed by atoms with Crippen LogP contribution >= 0.6 is 0 Å². The van der Waals surface area contributed by atoms with Gasteiger partial charge in [-0.15, -0.1) is 0 Å². The van der Waals surface area contributed by atoms with Gasteiger partial charge in [0.05, 0.1) is 11.7 Å². The highest BCUT2D eigenvalue weighted by molar-refractivity contribution is 5.26. The van der Waals surface area contributed by atoms with Gasteiger partial charge in [-0.25, -0.2) is 0 Å². The average Bonchev–Trinajstić information content (AvgIpc) is 2.46. The Kier molecular flexibility index (Phi) is 4.94. The molecule has 0 bridgehead atoms. The molecule has 0 radical (unpaired) electrons. The molecule has 0 aromatic heterocycles. The van der Waals surface area contributed by atoms with Crippen molar-refractivity contribution in [2.45, 2.75) is 45.0 Å². The minimum absolute atomic E-state index is 0.0993. The third-order valence-corrected chi connectivity index (χ3v) is 4.52. The van der Waals surface area contributed by atoms with Gasteiger partial charge in [0, 0.05) is 6.04 Å². The molecule has 0 saturated carbocycles. The van der Waals surface area contributed by atoms with Crippen molar-refractivity contribution in [3.63, 3.8) is 0 Å². The van der Waals surface area contributed by atoms with Crippen LogP contribution in [0.3, 0.4) is 0 Å². The molecule has 118 valence electrons. The molecule has 1 aliphatic rings. The van der Waals surface area contributed by atoms with E-state index in [9.17, 15) is 18.3 Å². The standard InChI is InChI=1S/C16H22F3NO/c1-11(20-9-7-14(8-10-20)12(2)21)13-3-5-15(6-4-13)16(17,18)19/h3-6,11-12,14,21H,7-10H2,1-2H3. The lowest BCUT2D eigenvalue weighted by atomic mass is 9.91. The van der Waals surface area contributed by atoms with Gasteiger partial charge in [-0.3, -0.25) is 4.90 Å². The van der Waals surface area contributed by atoms with Crippen LogP contribution in [0.2, 0.25) is 0 Å². The maximum atomic E-state index is 12.6. The van der Waals surface area contributed by atoms with Crippen molar-refractivity contribution < 1.29 is 18.3 Å². The van der Waals surface area contributed by atoms with Gasteiger partial charge in [-0.1, -0.05) is 12.1 Å². The molecule has 2 unspecified atom stereocenters. The van der Waals surface area contributed by atoms with E-state index in [1.807, 2.05) is 13.8 Å². The molecule has 0 aliphatic carbocycles. The van der Waals surface area contributed by atoms with E-state index >= 15 is 0 Å². The Morgan fingerprint density at radius 1 is 1.10 bits per heavy atom. The molecule has 1 aromatic rings. The largest absolute Gasteiger partial charge is 0.416 e. The summed E-state index contributed by atoms with van der Waals surface area (Å²) in [5, 5.41) is 9.60. The smallest absolute Gasteiger partial charge is 0.393 e. The number of hydrogen-bond acceptors (Lipinski definition) is 2. The normalized spacial score (nSPS) is 21.2. The summed E-state index contributed by atoms with van der Waals surface area (Å²) in [4.78, 5) is 2.27. The molecule has 1 N–H and O–H groups in total. The molecule has 1 fully saturated rings. The van der Waals surface area contributed by atoms with E-state index < -0.39 is 11.7 Å². The van der Waals surface area contributed by atoms with Crippen molar-refractivity contribution >= 4 is 0 Å². The third-order valence-electron chi connectivity index (χ3n) is 4.52. The molecule has 0 amide bonds. The first kappa shape index (κ1) is 16.3. The SMILES string of the molecule is CC(O)C1CCN(C(C)c2ccc(C(F)(F)F)cc2)CC1. The third kappa shape index (κ3) is 3.98. The number of hydrogen-bond donors (Lipinski definition) is 1. The van der Waals surface area contributed by atoms with E-state index in [0.29, 0.717) is 5.92 Å². The number of aliphatic hydroxyl groups is 1. The van der Waals surface area contributed by atoms with Gasteiger partial charge in [-0.05, 0) is 63.4 Å². The van der Waals surface area contributed by atoms with Crippen molar-refractivity contribution in [2.75, 3.05) is 13.1 Å². The lowest BCUT2D eigenvalue weighted by molar-refractivity contribution is -0.137. The Morgan fingerprint density at radius 2 is 1.62 bits per heavy atom. The number of nitrogens with zero attached hydrogens (tertiary/aromatic N) is 1. The molecular weight excluding hydrogens is 279 g/mol. The van der Waals surface area contributed by atoms with Crippen molar-refractivity contribution in [3.8, 4) is 0 Å².